The first-order valence-electron chi connectivity index (χ1n) is 6.76. The van der Waals surface area contributed by atoms with Crippen molar-refractivity contribution in [1.29, 1.82) is 0 Å². The normalized spacial score (nSPS) is 24.3. The monoisotopic (exact) mass is 310 g/mol. The zero-order chi connectivity index (χ0) is 13.1. The largest absolute Gasteiger partial charge is 0.324 e. The molecule has 1 aromatic rings. The lowest BCUT2D eigenvalue weighted by Gasteiger charge is -2.19. The molecule has 3 heteroatoms. The molecule has 1 saturated carbocycles. The third-order valence-electron chi connectivity index (χ3n) is 3.94. The predicted molar refractivity (Wildman–Crippen MR) is 80.5 cm³/mol. The molecule has 1 aliphatic carbocycles. The Balaban J connectivity index is 1.73. The quantitative estimate of drug-likeness (QED) is 0.872. The van der Waals surface area contributed by atoms with E-state index in [9.17, 15) is 0 Å². The molecule has 1 fully saturated rings. The van der Waals surface area contributed by atoms with Crippen molar-refractivity contribution in [3.8, 4) is 0 Å². The van der Waals surface area contributed by atoms with Crippen LogP contribution in [0.25, 0.3) is 0 Å². The molecule has 18 heavy (non-hydrogen) atoms. The number of rotatable bonds is 6. The van der Waals surface area contributed by atoms with E-state index < -0.39 is 0 Å². The van der Waals surface area contributed by atoms with Gasteiger partial charge in [0, 0.05) is 17.1 Å². The van der Waals surface area contributed by atoms with Crippen LogP contribution in [0.4, 0.5) is 0 Å². The second kappa shape index (κ2) is 6.18. The van der Waals surface area contributed by atoms with E-state index in [0.29, 0.717) is 0 Å². The molecule has 3 unspecified atom stereocenters. The summed E-state index contributed by atoms with van der Waals surface area (Å²) < 4.78 is 1.11. The minimum atomic E-state index is 0.150. The van der Waals surface area contributed by atoms with Gasteiger partial charge >= 0.3 is 0 Å². The Kier molecular flexibility index (Phi) is 4.82. The summed E-state index contributed by atoms with van der Waals surface area (Å²) in [5.41, 5.74) is 7.45. The number of nitrogens with two attached hydrogens (primary N) is 1. The van der Waals surface area contributed by atoms with Gasteiger partial charge in [-0.1, -0.05) is 35.0 Å². The van der Waals surface area contributed by atoms with Gasteiger partial charge in [0.2, 0.25) is 0 Å². The van der Waals surface area contributed by atoms with Crippen molar-refractivity contribution in [2.75, 3.05) is 20.1 Å². The Morgan fingerprint density at radius 1 is 1.39 bits per heavy atom. The average Bonchev–Trinajstić information content (AvgIpc) is 3.02. The molecule has 0 bridgehead atoms. The molecule has 0 heterocycles. The molecule has 0 radical (unpaired) electrons. The minimum Gasteiger partial charge on any atom is -0.324 e. The van der Waals surface area contributed by atoms with Crippen molar-refractivity contribution in [3.05, 3.63) is 34.3 Å². The van der Waals surface area contributed by atoms with Crippen LogP contribution >= 0.6 is 15.9 Å². The third kappa shape index (κ3) is 4.08. The van der Waals surface area contributed by atoms with Crippen molar-refractivity contribution >= 4 is 15.9 Å². The SMILES string of the molecule is CC1CC1CN(C)CCC(N)c1ccc(Br)cc1. The van der Waals surface area contributed by atoms with Crippen LogP contribution in [0.5, 0.6) is 0 Å². The summed E-state index contributed by atoms with van der Waals surface area (Å²) in [7, 11) is 2.21. The van der Waals surface area contributed by atoms with Gasteiger partial charge < -0.3 is 10.6 Å². The summed E-state index contributed by atoms with van der Waals surface area (Å²) in [6.45, 7) is 4.65. The molecular formula is C15H23BrN2. The number of hydrogen-bond donors (Lipinski definition) is 1. The zero-order valence-corrected chi connectivity index (χ0v) is 12.9. The van der Waals surface area contributed by atoms with E-state index in [1.807, 2.05) is 0 Å². The maximum atomic E-state index is 6.23. The lowest BCUT2D eigenvalue weighted by Crippen LogP contribution is -2.25. The molecule has 2 rings (SSSR count). The van der Waals surface area contributed by atoms with Crippen LogP contribution in [0.2, 0.25) is 0 Å². The van der Waals surface area contributed by atoms with Crippen LogP contribution in [-0.2, 0) is 0 Å². The second-order valence-corrected chi connectivity index (χ2v) is 6.60. The molecule has 1 aliphatic rings. The molecule has 1 aromatic carbocycles. The maximum Gasteiger partial charge on any atom is 0.0307 e. The van der Waals surface area contributed by atoms with Gasteiger partial charge in [-0.05, 0) is 56.0 Å². The Hall–Kier alpha value is -0.380. The van der Waals surface area contributed by atoms with Gasteiger partial charge in [0.05, 0.1) is 0 Å². The summed E-state index contributed by atoms with van der Waals surface area (Å²) in [4.78, 5) is 2.42. The Morgan fingerprint density at radius 2 is 2.00 bits per heavy atom. The van der Waals surface area contributed by atoms with E-state index in [1.165, 1.54) is 18.5 Å². The fraction of sp³-hybridized carbons (Fsp3) is 0.600. The standard InChI is InChI=1S/C15H23BrN2/c1-11-9-13(11)10-18(2)8-7-15(17)12-3-5-14(16)6-4-12/h3-6,11,13,15H,7-10,17H2,1-2H3. The fourth-order valence-electron chi connectivity index (χ4n) is 2.38. The summed E-state index contributed by atoms with van der Waals surface area (Å²) in [5, 5.41) is 0. The van der Waals surface area contributed by atoms with Gasteiger partial charge in [-0.25, -0.2) is 0 Å². The average molecular weight is 311 g/mol. The highest BCUT2D eigenvalue weighted by atomic mass is 79.9. The molecule has 2 N–H and O–H groups in total. The molecule has 2 nitrogen and oxygen atoms in total. The maximum absolute atomic E-state index is 6.23. The Bertz CT molecular complexity index is 377. The third-order valence-corrected chi connectivity index (χ3v) is 4.47. The van der Waals surface area contributed by atoms with E-state index in [2.05, 4.69) is 59.1 Å². The number of hydrogen-bond acceptors (Lipinski definition) is 2. The smallest absolute Gasteiger partial charge is 0.0307 e. The molecule has 0 aromatic heterocycles. The highest BCUT2D eigenvalue weighted by Crippen LogP contribution is 2.38. The summed E-state index contributed by atoms with van der Waals surface area (Å²) in [6, 6.07) is 8.49. The molecular weight excluding hydrogens is 288 g/mol. The number of nitrogens with zero attached hydrogens (tertiary/aromatic N) is 1. The zero-order valence-electron chi connectivity index (χ0n) is 11.3. The molecule has 0 saturated heterocycles. The van der Waals surface area contributed by atoms with Crippen LogP contribution in [0.3, 0.4) is 0 Å². The first-order chi connectivity index (χ1) is 8.56. The van der Waals surface area contributed by atoms with Crippen molar-refractivity contribution in [2.24, 2.45) is 17.6 Å². The highest BCUT2D eigenvalue weighted by Gasteiger charge is 2.32. The lowest BCUT2D eigenvalue weighted by atomic mass is 10.0. The molecule has 100 valence electrons. The first-order valence-corrected chi connectivity index (χ1v) is 7.55. The van der Waals surface area contributed by atoms with E-state index in [1.54, 1.807) is 0 Å². The van der Waals surface area contributed by atoms with Gasteiger partial charge in [-0.15, -0.1) is 0 Å². The predicted octanol–water partition coefficient (Wildman–Crippen LogP) is 3.43. The van der Waals surface area contributed by atoms with Crippen LogP contribution in [0.1, 0.15) is 31.4 Å². The van der Waals surface area contributed by atoms with Crippen molar-refractivity contribution in [3.63, 3.8) is 0 Å². The number of benzene rings is 1. The molecule has 0 spiro atoms. The number of halogens is 1. The molecule has 0 amide bonds. The van der Waals surface area contributed by atoms with Gasteiger partial charge in [-0.3, -0.25) is 0 Å². The van der Waals surface area contributed by atoms with E-state index >= 15 is 0 Å². The van der Waals surface area contributed by atoms with Gasteiger partial charge in [0.15, 0.2) is 0 Å². The lowest BCUT2D eigenvalue weighted by molar-refractivity contribution is 0.301. The Labute approximate surface area is 119 Å². The Morgan fingerprint density at radius 3 is 2.56 bits per heavy atom. The van der Waals surface area contributed by atoms with E-state index in [-0.39, 0.29) is 6.04 Å². The first kappa shape index (κ1) is 14.0. The summed E-state index contributed by atoms with van der Waals surface area (Å²) in [5.74, 6) is 1.87. The van der Waals surface area contributed by atoms with Crippen molar-refractivity contribution in [1.82, 2.24) is 4.90 Å². The van der Waals surface area contributed by atoms with Crippen LogP contribution in [0, 0.1) is 11.8 Å². The topological polar surface area (TPSA) is 29.3 Å². The van der Waals surface area contributed by atoms with Gasteiger partial charge in [0.25, 0.3) is 0 Å². The molecule has 0 aliphatic heterocycles. The van der Waals surface area contributed by atoms with Crippen LogP contribution in [-0.4, -0.2) is 25.0 Å². The summed E-state index contributed by atoms with van der Waals surface area (Å²) >= 11 is 3.45. The van der Waals surface area contributed by atoms with Gasteiger partial charge in [-0.2, -0.15) is 0 Å². The minimum absolute atomic E-state index is 0.150. The fourth-order valence-corrected chi connectivity index (χ4v) is 2.65. The second-order valence-electron chi connectivity index (χ2n) is 5.68. The van der Waals surface area contributed by atoms with Crippen molar-refractivity contribution < 1.29 is 0 Å². The van der Waals surface area contributed by atoms with Crippen molar-refractivity contribution in [2.45, 2.75) is 25.8 Å². The van der Waals surface area contributed by atoms with Gasteiger partial charge in [0.1, 0.15) is 0 Å². The summed E-state index contributed by atoms with van der Waals surface area (Å²) in [6.07, 6.45) is 2.43. The molecule has 3 atom stereocenters. The van der Waals surface area contributed by atoms with E-state index in [4.69, 9.17) is 5.73 Å². The highest BCUT2D eigenvalue weighted by molar-refractivity contribution is 9.10. The van der Waals surface area contributed by atoms with E-state index in [0.717, 1.165) is 29.3 Å². The van der Waals surface area contributed by atoms with Crippen LogP contribution in [0.15, 0.2) is 28.7 Å². The van der Waals surface area contributed by atoms with Crippen LogP contribution < -0.4 is 5.73 Å².